The minimum absolute atomic E-state index is 0.435. The molecule has 62 valence electrons. The summed E-state index contributed by atoms with van der Waals surface area (Å²) in [6.45, 7) is 0.435. The van der Waals surface area contributed by atoms with Crippen molar-refractivity contribution in [2.75, 3.05) is 12.4 Å². The lowest BCUT2D eigenvalue weighted by Gasteiger charge is -2.03. The number of para-hydroxylation sites is 1. The lowest BCUT2D eigenvalue weighted by molar-refractivity contribution is 0.368. The summed E-state index contributed by atoms with van der Waals surface area (Å²) in [6, 6.07) is 7.91. The van der Waals surface area contributed by atoms with Gasteiger partial charge in [-0.15, -0.1) is 11.8 Å². The first-order valence-electron chi connectivity index (χ1n) is 3.77. The van der Waals surface area contributed by atoms with E-state index in [2.05, 4.69) is 0 Å². The van der Waals surface area contributed by atoms with Crippen LogP contribution < -0.4 is 4.74 Å². The molecule has 0 unspecified atom stereocenters. The smallest absolute Gasteiger partial charge is 0.133 e. The highest BCUT2D eigenvalue weighted by molar-refractivity contribution is 8.00. The Labute approximate surface area is 75.4 Å². The second-order valence-corrected chi connectivity index (χ2v) is 3.64. The molecule has 2 rings (SSSR count). The van der Waals surface area contributed by atoms with Crippen molar-refractivity contribution >= 4 is 17.5 Å². The number of thioether (sulfide) groups is 1. The fourth-order valence-corrected chi connectivity index (χ4v) is 1.92. The number of nitrogens with one attached hydrogen (secondary N) is 1. The third kappa shape index (κ3) is 1.46. The predicted molar refractivity (Wildman–Crippen MR) is 50.4 cm³/mol. The SMILES string of the molecule is N=C1COc2ccccc2SC1. The third-order valence-corrected chi connectivity index (χ3v) is 2.79. The summed E-state index contributed by atoms with van der Waals surface area (Å²) in [5.41, 5.74) is 0.649. The molecule has 12 heavy (non-hydrogen) atoms. The van der Waals surface area contributed by atoms with Crippen LogP contribution in [0.5, 0.6) is 5.75 Å². The summed E-state index contributed by atoms with van der Waals surface area (Å²) < 4.78 is 5.42. The summed E-state index contributed by atoms with van der Waals surface area (Å²) in [5.74, 6) is 1.65. The quantitative estimate of drug-likeness (QED) is 0.662. The highest BCUT2D eigenvalue weighted by Gasteiger charge is 2.10. The number of hydrogen-bond acceptors (Lipinski definition) is 3. The van der Waals surface area contributed by atoms with Crippen LogP contribution in [0.25, 0.3) is 0 Å². The molecule has 1 heterocycles. The van der Waals surface area contributed by atoms with E-state index in [0.29, 0.717) is 12.3 Å². The van der Waals surface area contributed by atoms with Crippen molar-refractivity contribution in [3.63, 3.8) is 0 Å². The number of fused-ring (bicyclic) bond motifs is 1. The minimum atomic E-state index is 0.435. The zero-order valence-electron chi connectivity index (χ0n) is 6.54. The maximum absolute atomic E-state index is 7.46. The lowest BCUT2D eigenvalue weighted by Crippen LogP contribution is -2.09. The molecule has 2 nitrogen and oxygen atoms in total. The van der Waals surface area contributed by atoms with Gasteiger partial charge in [-0.25, -0.2) is 0 Å². The summed E-state index contributed by atoms with van der Waals surface area (Å²) in [5, 5.41) is 7.46. The third-order valence-electron chi connectivity index (χ3n) is 1.65. The van der Waals surface area contributed by atoms with E-state index in [1.54, 1.807) is 11.8 Å². The number of rotatable bonds is 0. The van der Waals surface area contributed by atoms with Crippen LogP contribution in [0, 0.1) is 5.41 Å². The van der Waals surface area contributed by atoms with Crippen LogP contribution in [-0.2, 0) is 0 Å². The molecule has 1 aromatic carbocycles. The van der Waals surface area contributed by atoms with Gasteiger partial charge in [0, 0.05) is 10.6 Å². The van der Waals surface area contributed by atoms with Crippen molar-refractivity contribution in [2.24, 2.45) is 0 Å². The van der Waals surface area contributed by atoms with E-state index in [0.717, 1.165) is 16.4 Å². The molecule has 0 saturated heterocycles. The molecule has 3 heteroatoms. The number of ether oxygens (including phenoxy) is 1. The number of benzene rings is 1. The van der Waals surface area contributed by atoms with Gasteiger partial charge in [0.1, 0.15) is 12.4 Å². The van der Waals surface area contributed by atoms with E-state index >= 15 is 0 Å². The van der Waals surface area contributed by atoms with Gasteiger partial charge in [0.2, 0.25) is 0 Å². The van der Waals surface area contributed by atoms with Crippen molar-refractivity contribution in [3.8, 4) is 5.75 Å². The molecule has 0 amide bonds. The van der Waals surface area contributed by atoms with E-state index in [-0.39, 0.29) is 0 Å². The highest BCUT2D eigenvalue weighted by Crippen LogP contribution is 2.30. The fraction of sp³-hybridized carbons (Fsp3) is 0.222. The molecule has 1 N–H and O–H groups in total. The monoisotopic (exact) mass is 179 g/mol. The zero-order chi connectivity index (χ0) is 8.39. The van der Waals surface area contributed by atoms with Gasteiger partial charge in [-0.2, -0.15) is 0 Å². The molecule has 0 atom stereocenters. The Balaban J connectivity index is 2.32. The largest absolute Gasteiger partial charge is 0.486 e. The first-order chi connectivity index (χ1) is 5.86. The van der Waals surface area contributed by atoms with Gasteiger partial charge in [-0.1, -0.05) is 12.1 Å². The van der Waals surface area contributed by atoms with Crippen LogP contribution in [0.4, 0.5) is 0 Å². The van der Waals surface area contributed by atoms with Crippen LogP contribution in [0.2, 0.25) is 0 Å². The highest BCUT2D eigenvalue weighted by atomic mass is 32.2. The van der Waals surface area contributed by atoms with Gasteiger partial charge in [-0.3, -0.25) is 0 Å². The molecule has 0 saturated carbocycles. The molecular formula is C9H9NOS. The molecule has 0 aromatic heterocycles. The first-order valence-corrected chi connectivity index (χ1v) is 4.76. The Bertz CT molecular complexity index is 282. The van der Waals surface area contributed by atoms with E-state index < -0.39 is 0 Å². The van der Waals surface area contributed by atoms with Gasteiger partial charge < -0.3 is 10.1 Å². The van der Waals surface area contributed by atoms with Gasteiger partial charge >= 0.3 is 0 Å². The second-order valence-electron chi connectivity index (χ2n) is 2.63. The average Bonchev–Trinajstić information content (AvgIpc) is 2.29. The van der Waals surface area contributed by atoms with Crippen LogP contribution in [0.1, 0.15) is 0 Å². The molecule has 1 aliphatic rings. The number of hydrogen-bond donors (Lipinski definition) is 1. The maximum Gasteiger partial charge on any atom is 0.133 e. The fourth-order valence-electron chi connectivity index (χ4n) is 1.06. The molecule has 0 aliphatic carbocycles. The van der Waals surface area contributed by atoms with E-state index in [1.807, 2.05) is 24.3 Å². The van der Waals surface area contributed by atoms with Crippen molar-refractivity contribution in [3.05, 3.63) is 24.3 Å². The lowest BCUT2D eigenvalue weighted by atomic mass is 10.3. The Hall–Kier alpha value is -0.960. The Kier molecular flexibility index (Phi) is 2.04. The summed E-state index contributed by atoms with van der Waals surface area (Å²) >= 11 is 1.67. The van der Waals surface area contributed by atoms with Crippen molar-refractivity contribution < 1.29 is 4.74 Å². The molecule has 0 bridgehead atoms. The van der Waals surface area contributed by atoms with Gasteiger partial charge in [0.15, 0.2) is 0 Å². The van der Waals surface area contributed by atoms with Gasteiger partial charge in [0.25, 0.3) is 0 Å². The Morgan fingerprint density at radius 1 is 1.33 bits per heavy atom. The second kappa shape index (κ2) is 3.19. The van der Waals surface area contributed by atoms with Gasteiger partial charge in [0.05, 0.1) is 5.71 Å². The Morgan fingerprint density at radius 3 is 3.08 bits per heavy atom. The Morgan fingerprint density at radius 2 is 2.17 bits per heavy atom. The standard InChI is InChI=1S/C9H9NOS/c10-7-5-11-8-3-1-2-4-9(8)12-6-7/h1-4,10H,5-6H2. The minimum Gasteiger partial charge on any atom is -0.486 e. The van der Waals surface area contributed by atoms with Crippen LogP contribution in [0.3, 0.4) is 0 Å². The molecule has 1 aromatic rings. The van der Waals surface area contributed by atoms with Crippen LogP contribution in [0.15, 0.2) is 29.2 Å². The van der Waals surface area contributed by atoms with E-state index in [4.69, 9.17) is 10.1 Å². The average molecular weight is 179 g/mol. The predicted octanol–water partition coefficient (Wildman–Crippen LogP) is 2.19. The molecule has 0 spiro atoms. The maximum atomic E-state index is 7.46. The molecule has 0 radical (unpaired) electrons. The van der Waals surface area contributed by atoms with E-state index in [1.165, 1.54) is 0 Å². The zero-order valence-corrected chi connectivity index (χ0v) is 7.36. The molecule has 1 aliphatic heterocycles. The summed E-state index contributed by atoms with van der Waals surface area (Å²) in [7, 11) is 0. The van der Waals surface area contributed by atoms with Gasteiger partial charge in [-0.05, 0) is 12.1 Å². The molecular weight excluding hydrogens is 170 g/mol. The first kappa shape index (κ1) is 7.68. The topological polar surface area (TPSA) is 33.1 Å². The van der Waals surface area contributed by atoms with E-state index in [9.17, 15) is 0 Å². The van der Waals surface area contributed by atoms with Crippen molar-refractivity contribution in [1.82, 2.24) is 0 Å². The van der Waals surface area contributed by atoms with Crippen molar-refractivity contribution in [1.29, 1.82) is 5.41 Å². The normalized spacial score (nSPS) is 16.2. The summed E-state index contributed by atoms with van der Waals surface area (Å²) in [6.07, 6.45) is 0. The molecule has 0 fully saturated rings. The van der Waals surface area contributed by atoms with Crippen LogP contribution in [-0.4, -0.2) is 18.1 Å². The summed E-state index contributed by atoms with van der Waals surface area (Å²) in [4.78, 5) is 1.14. The van der Waals surface area contributed by atoms with Crippen molar-refractivity contribution in [2.45, 2.75) is 4.90 Å². The van der Waals surface area contributed by atoms with Crippen LogP contribution >= 0.6 is 11.8 Å².